The van der Waals surface area contributed by atoms with Crippen LogP contribution in [0, 0.1) is 0 Å². The minimum absolute atomic E-state index is 0.454. The fourth-order valence-corrected chi connectivity index (χ4v) is 3.07. The third-order valence-electron chi connectivity index (χ3n) is 3.86. The highest BCUT2D eigenvalue weighted by atomic mass is 31.2. The van der Waals surface area contributed by atoms with Gasteiger partial charge in [0.15, 0.2) is 17.7 Å². The van der Waals surface area contributed by atoms with Crippen LogP contribution in [0.4, 0.5) is 5.82 Å². The van der Waals surface area contributed by atoms with E-state index in [0.717, 1.165) is 0 Å². The van der Waals surface area contributed by atoms with Crippen molar-refractivity contribution in [2.75, 3.05) is 26.1 Å². The van der Waals surface area contributed by atoms with Crippen molar-refractivity contribution in [2.45, 2.75) is 24.5 Å². The number of imidazole rings is 1. The number of methoxy groups -OCH3 is 1. The molecule has 0 spiro atoms. The first-order valence-electron chi connectivity index (χ1n) is 7.27. The van der Waals surface area contributed by atoms with Crippen molar-refractivity contribution in [3.8, 4) is 0 Å². The highest BCUT2D eigenvalue weighted by Crippen LogP contribution is 2.39. The van der Waals surface area contributed by atoms with Gasteiger partial charge in [-0.3, -0.25) is 9.09 Å². The van der Waals surface area contributed by atoms with Crippen molar-refractivity contribution < 1.29 is 33.5 Å². The quantitative estimate of drug-likeness (QED) is 0.470. The predicted octanol–water partition coefficient (Wildman–Crippen LogP) is -0.749. The van der Waals surface area contributed by atoms with Gasteiger partial charge in [-0.25, -0.2) is 19.5 Å². The van der Waals surface area contributed by atoms with E-state index < -0.39 is 39.0 Å². The van der Waals surface area contributed by atoms with Gasteiger partial charge in [0.05, 0.1) is 12.9 Å². The molecule has 4 atom stereocenters. The topological polar surface area (TPSA) is 161 Å². The number of ether oxygens (including phenoxy) is 2. The molecule has 0 amide bonds. The summed E-state index contributed by atoms with van der Waals surface area (Å²) in [6.45, 7) is -0.495. The standard InChI is InChI=1S/C12H18N5O7P/c1-13-10-7-11(15-4-14-10)17(5-16-7)12-9(22-2)8(18)6(24-12)3-23-25(19,20)21/h4-6,8-9,12,18H,3H2,1-2H3,(H,13,14,15)(H2,19,20,21)/t6-,8-,9-,12-/m1/s1. The lowest BCUT2D eigenvalue weighted by molar-refractivity contribution is -0.0578. The van der Waals surface area contributed by atoms with Crippen molar-refractivity contribution in [3.05, 3.63) is 12.7 Å². The summed E-state index contributed by atoms with van der Waals surface area (Å²) < 4.78 is 27.9. The summed E-state index contributed by atoms with van der Waals surface area (Å²) in [5.41, 5.74) is 0.961. The average molecular weight is 375 g/mol. The third kappa shape index (κ3) is 3.51. The van der Waals surface area contributed by atoms with Crippen LogP contribution in [0.5, 0.6) is 0 Å². The minimum atomic E-state index is -4.68. The summed E-state index contributed by atoms with van der Waals surface area (Å²) in [6, 6.07) is 0. The zero-order chi connectivity index (χ0) is 18.2. The number of aliphatic hydroxyl groups is 1. The van der Waals surface area contributed by atoms with Crippen LogP contribution in [0.25, 0.3) is 11.2 Å². The van der Waals surface area contributed by atoms with Gasteiger partial charge in [0.25, 0.3) is 0 Å². The van der Waals surface area contributed by atoms with E-state index in [4.69, 9.17) is 19.3 Å². The Morgan fingerprint density at radius 2 is 2.16 bits per heavy atom. The molecule has 138 valence electrons. The smallest absolute Gasteiger partial charge is 0.387 e. The van der Waals surface area contributed by atoms with Gasteiger partial charge < -0.3 is 29.7 Å². The molecule has 25 heavy (non-hydrogen) atoms. The Bertz CT molecular complexity index is 795. The zero-order valence-electron chi connectivity index (χ0n) is 13.4. The van der Waals surface area contributed by atoms with Crippen LogP contribution >= 0.6 is 7.82 Å². The van der Waals surface area contributed by atoms with E-state index in [1.807, 2.05) is 0 Å². The van der Waals surface area contributed by atoms with Crippen LogP contribution in [-0.4, -0.2) is 73.5 Å². The first-order valence-corrected chi connectivity index (χ1v) is 8.80. The molecule has 1 fully saturated rings. The maximum atomic E-state index is 10.9. The number of aliphatic hydroxyl groups excluding tert-OH is 1. The van der Waals surface area contributed by atoms with Crippen molar-refractivity contribution in [2.24, 2.45) is 0 Å². The van der Waals surface area contributed by atoms with Crippen molar-refractivity contribution in [1.29, 1.82) is 0 Å². The maximum Gasteiger partial charge on any atom is 0.469 e. The van der Waals surface area contributed by atoms with E-state index in [9.17, 15) is 9.67 Å². The van der Waals surface area contributed by atoms with Crippen LogP contribution < -0.4 is 5.32 Å². The monoisotopic (exact) mass is 375 g/mol. The van der Waals surface area contributed by atoms with Crippen molar-refractivity contribution in [3.63, 3.8) is 0 Å². The fourth-order valence-electron chi connectivity index (χ4n) is 2.73. The molecular weight excluding hydrogens is 357 g/mol. The minimum Gasteiger partial charge on any atom is -0.387 e. The first kappa shape index (κ1) is 18.1. The van der Waals surface area contributed by atoms with Crippen LogP contribution in [0.15, 0.2) is 12.7 Å². The van der Waals surface area contributed by atoms with E-state index in [1.54, 1.807) is 11.6 Å². The van der Waals surface area contributed by atoms with Crippen molar-refractivity contribution >= 4 is 24.8 Å². The molecule has 1 aliphatic heterocycles. The van der Waals surface area contributed by atoms with E-state index >= 15 is 0 Å². The van der Waals surface area contributed by atoms with Crippen LogP contribution in [-0.2, 0) is 18.6 Å². The highest BCUT2D eigenvalue weighted by molar-refractivity contribution is 7.46. The van der Waals surface area contributed by atoms with Gasteiger partial charge >= 0.3 is 7.82 Å². The Hall–Kier alpha value is -1.66. The van der Waals surface area contributed by atoms with E-state index in [-0.39, 0.29) is 0 Å². The molecule has 0 bridgehead atoms. The molecule has 3 rings (SSSR count). The molecule has 4 N–H and O–H groups in total. The molecule has 3 heterocycles. The second-order valence-electron chi connectivity index (χ2n) is 5.34. The number of nitrogens with one attached hydrogen (secondary N) is 1. The summed E-state index contributed by atoms with van der Waals surface area (Å²) in [5, 5.41) is 13.2. The Morgan fingerprint density at radius 3 is 2.80 bits per heavy atom. The fraction of sp³-hybridized carbons (Fsp3) is 0.583. The molecule has 0 saturated carbocycles. The summed E-state index contributed by atoms with van der Waals surface area (Å²) in [6.07, 6.45) is -0.954. The number of aromatic nitrogens is 4. The number of nitrogens with zero attached hydrogens (tertiary/aromatic N) is 4. The molecule has 0 aromatic carbocycles. The number of phosphoric ester groups is 1. The largest absolute Gasteiger partial charge is 0.469 e. The molecule has 2 aromatic heterocycles. The van der Waals surface area contributed by atoms with E-state index in [2.05, 4.69) is 24.8 Å². The number of anilines is 1. The summed E-state index contributed by atoms with van der Waals surface area (Å²) in [4.78, 5) is 30.1. The summed E-state index contributed by atoms with van der Waals surface area (Å²) in [5.74, 6) is 0.526. The second-order valence-corrected chi connectivity index (χ2v) is 6.58. The lowest BCUT2D eigenvalue weighted by Gasteiger charge is -2.19. The molecule has 1 aliphatic rings. The Labute approximate surface area is 142 Å². The van der Waals surface area contributed by atoms with E-state index in [0.29, 0.717) is 17.0 Å². The van der Waals surface area contributed by atoms with Gasteiger partial charge in [-0.1, -0.05) is 0 Å². The second kappa shape index (κ2) is 6.92. The van der Waals surface area contributed by atoms with Gasteiger partial charge in [0, 0.05) is 14.2 Å². The third-order valence-corrected chi connectivity index (χ3v) is 4.35. The van der Waals surface area contributed by atoms with Crippen LogP contribution in [0.1, 0.15) is 6.23 Å². The summed E-state index contributed by atoms with van der Waals surface area (Å²) >= 11 is 0. The summed E-state index contributed by atoms with van der Waals surface area (Å²) in [7, 11) is -1.59. The lowest BCUT2D eigenvalue weighted by atomic mass is 10.1. The Morgan fingerprint density at radius 1 is 1.40 bits per heavy atom. The molecule has 0 unspecified atom stereocenters. The van der Waals surface area contributed by atoms with Gasteiger partial charge in [0.1, 0.15) is 30.2 Å². The van der Waals surface area contributed by atoms with Crippen LogP contribution in [0.3, 0.4) is 0 Å². The molecule has 0 radical (unpaired) electrons. The Balaban J connectivity index is 1.90. The normalized spacial score (nSPS) is 27.1. The van der Waals surface area contributed by atoms with Gasteiger partial charge in [-0.15, -0.1) is 0 Å². The molecule has 1 saturated heterocycles. The Kier molecular flexibility index (Phi) is 5.02. The maximum absolute atomic E-state index is 10.9. The number of phosphoric acid groups is 1. The molecule has 2 aromatic rings. The van der Waals surface area contributed by atoms with Crippen molar-refractivity contribution in [1.82, 2.24) is 19.5 Å². The first-order chi connectivity index (χ1) is 11.9. The number of hydrogen-bond donors (Lipinski definition) is 4. The molecule has 13 heteroatoms. The van der Waals surface area contributed by atoms with Gasteiger partial charge in [0.2, 0.25) is 0 Å². The number of fused-ring (bicyclic) bond motifs is 1. The lowest BCUT2D eigenvalue weighted by Crippen LogP contribution is -2.35. The average Bonchev–Trinajstić information content (AvgIpc) is 3.12. The van der Waals surface area contributed by atoms with Gasteiger partial charge in [-0.05, 0) is 0 Å². The molecule has 0 aliphatic carbocycles. The number of hydrogen-bond acceptors (Lipinski definition) is 9. The highest BCUT2D eigenvalue weighted by Gasteiger charge is 2.46. The molecular formula is C12H18N5O7P. The zero-order valence-corrected chi connectivity index (χ0v) is 14.3. The van der Waals surface area contributed by atoms with Gasteiger partial charge in [-0.2, -0.15) is 0 Å². The SMILES string of the molecule is CNc1ncnc2c1ncn2[C@@H]1O[C@H](COP(=O)(O)O)[C@@H](O)[C@H]1OC. The predicted molar refractivity (Wildman–Crippen MR) is 83.6 cm³/mol. The molecule has 12 nitrogen and oxygen atoms in total. The van der Waals surface area contributed by atoms with E-state index in [1.165, 1.54) is 19.8 Å². The number of rotatable bonds is 6. The van der Waals surface area contributed by atoms with Crippen LogP contribution in [0.2, 0.25) is 0 Å².